The second-order valence-electron chi connectivity index (χ2n) is 6.56. The summed E-state index contributed by atoms with van der Waals surface area (Å²) in [4.78, 5) is 16.0. The zero-order valence-electron chi connectivity index (χ0n) is 16.5. The zero-order valence-corrected chi connectivity index (χ0v) is 16.5. The highest BCUT2D eigenvalue weighted by Gasteiger charge is 2.15. The second kappa shape index (κ2) is 9.49. The predicted octanol–water partition coefficient (Wildman–Crippen LogP) is 2.97. The number of rotatable bonds is 10. The molecule has 154 valence electrons. The van der Waals surface area contributed by atoms with E-state index in [1.54, 1.807) is 31.2 Å². The molecule has 0 saturated heterocycles. The lowest BCUT2D eigenvalue weighted by Gasteiger charge is -2.13. The van der Waals surface area contributed by atoms with E-state index in [1.807, 2.05) is 23.6 Å². The highest BCUT2D eigenvalue weighted by atomic mass is 19.1. The topological polar surface area (TPSA) is 91.4 Å². The number of fused-ring (bicyclic) bond motifs is 1. The van der Waals surface area contributed by atoms with Crippen LogP contribution in [0.3, 0.4) is 0 Å². The van der Waals surface area contributed by atoms with Crippen molar-refractivity contribution < 1.29 is 18.7 Å². The number of halogens is 1. The van der Waals surface area contributed by atoms with Crippen LogP contribution in [-0.4, -0.2) is 34.7 Å². The molecule has 7 nitrogen and oxygen atoms in total. The lowest BCUT2D eigenvalue weighted by molar-refractivity contribution is -0.119. The normalized spacial score (nSPS) is 12.2. The van der Waals surface area contributed by atoms with Crippen molar-refractivity contribution in [2.24, 2.45) is 5.73 Å². The summed E-state index contributed by atoms with van der Waals surface area (Å²) in [6.07, 6.45) is 0. The Bertz CT molecular complexity index is 989. The summed E-state index contributed by atoms with van der Waals surface area (Å²) in [6, 6.07) is 11.2. The molecule has 0 spiro atoms. The SMILES string of the molecule is CCOCCn1c(CN[C@@H](C)C(N)=O)nc2ccc(Oc3ccccc3F)cc21. The van der Waals surface area contributed by atoms with Crippen molar-refractivity contribution in [1.82, 2.24) is 14.9 Å². The van der Waals surface area contributed by atoms with Crippen molar-refractivity contribution in [2.45, 2.75) is 33.0 Å². The molecule has 0 aliphatic heterocycles. The number of aromatic nitrogens is 2. The van der Waals surface area contributed by atoms with E-state index in [4.69, 9.17) is 15.2 Å². The first kappa shape index (κ1) is 20.8. The van der Waals surface area contributed by atoms with E-state index in [2.05, 4.69) is 10.3 Å². The Kier molecular flexibility index (Phi) is 6.79. The molecule has 0 radical (unpaired) electrons. The maximum Gasteiger partial charge on any atom is 0.234 e. The molecule has 0 aliphatic rings. The van der Waals surface area contributed by atoms with Gasteiger partial charge in [0.1, 0.15) is 11.6 Å². The Morgan fingerprint density at radius 2 is 2.10 bits per heavy atom. The van der Waals surface area contributed by atoms with Crippen LogP contribution in [0.2, 0.25) is 0 Å². The smallest absolute Gasteiger partial charge is 0.234 e. The van der Waals surface area contributed by atoms with Crippen LogP contribution in [0.25, 0.3) is 11.0 Å². The number of nitrogens with one attached hydrogen (secondary N) is 1. The van der Waals surface area contributed by atoms with Gasteiger partial charge in [0.2, 0.25) is 5.91 Å². The minimum Gasteiger partial charge on any atom is -0.454 e. The quantitative estimate of drug-likeness (QED) is 0.511. The molecule has 0 unspecified atom stereocenters. The van der Waals surface area contributed by atoms with Gasteiger partial charge in [0.15, 0.2) is 11.6 Å². The number of benzene rings is 2. The number of imidazole rings is 1. The van der Waals surface area contributed by atoms with E-state index < -0.39 is 17.8 Å². The predicted molar refractivity (Wildman–Crippen MR) is 108 cm³/mol. The van der Waals surface area contributed by atoms with Gasteiger partial charge in [-0.3, -0.25) is 10.1 Å². The number of nitrogens with two attached hydrogens (primary N) is 1. The number of primary amides is 1. The Morgan fingerprint density at radius 3 is 2.83 bits per heavy atom. The van der Waals surface area contributed by atoms with Gasteiger partial charge < -0.3 is 19.8 Å². The highest BCUT2D eigenvalue weighted by molar-refractivity contribution is 5.79. The summed E-state index contributed by atoms with van der Waals surface area (Å²) in [5.41, 5.74) is 6.93. The fourth-order valence-electron chi connectivity index (χ4n) is 2.90. The molecule has 29 heavy (non-hydrogen) atoms. The van der Waals surface area contributed by atoms with E-state index >= 15 is 0 Å². The van der Waals surface area contributed by atoms with Crippen LogP contribution >= 0.6 is 0 Å². The Balaban J connectivity index is 1.90. The molecule has 2 aromatic carbocycles. The Labute approximate surface area is 168 Å². The molecule has 0 saturated carbocycles. The van der Waals surface area contributed by atoms with Crippen LogP contribution in [0, 0.1) is 5.82 Å². The van der Waals surface area contributed by atoms with Crippen LogP contribution in [0.15, 0.2) is 42.5 Å². The van der Waals surface area contributed by atoms with Crippen molar-refractivity contribution in [1.29, 1.82) is 0 Å². The van der Waals surface area contributed by atoms with Crippen LogP contribution < -0.4 is 15.8 Å². The largest absolute Gasteiger partial charge is 0.454 e. The van der Waals surface area contributed by atoms with Gasteiger partial charge in [-0.15, -0.1) is 0 Å². The Morgan fingerprint density at radius 1 is 1.31 bits per heavy atom. The van der Waals surface area contributed by atoms with E-state index in [0.717, 1.165) is 16.9 Å². The Hall–Kier alpha value is -2.97. The van der Waals surface area contributed by atoms with E-state index in [1.165, 1.54) is 6.07 Å². The minimum absolute atomic E-state index is 0.157. The van der Waals surface area contributed by atoms with E-state index in [-0.39, 0.29) is 5.75 Å². The van der Waals surface area contributed by atoms with Gasteiger partial charge in [-0.25, -0.2) is 9.37 Å². The van der Waals surface area contributed by atoms with E-state index in [0.29, 0.717) is 32.1 Å². The second-order valence-corrected chi connectivity index (χ2v) is 6.56. The number of para-hydroxylation sites is 1. The fourth-order valence-corrected chi connectivity index (χ4v) is 2.90. The van der Waals surface area contributed by atoms with Crippen LogP contribution in [0.4, 0.5) is 4.39 Å². The van der Waals surface area contributed by atoms with Gasteiger partial charge in [-0.1, -0.05) is 12.1 Å². The standard InChI is InChI=1S/C21H25FN4O3/c1-3-28-11-10-26-18-12-15(29-19-7-5-4-6-16(19)22)8-9-17(18)25-20(26)13-24-14(2)21(23)27/h4-9,12,14,24H,3,10-11,13H2,1-2H3,(H2,23,27)/t14-/m0/s1. The van der Waals surface area contributed by atoms with Gasteiger partial charge in [0, 0.05) is 19.2 Å². The summed E-state index contributed by atoms with van der Waals surface area (Å²) < 4.78 is 27.1. The lowest BCUT2D eigenvalue weighted by Crippen LogP contribution is -2.38. The molecule has 1 atom stereocenters. The van der Waals surface area contributed by atoms with Crippen LogP contribution in [-0.2, 0) is 22.6 Å². The molecule has 0 fully saturated rings. The number of amides is 1. The van der Waals surface area contributed by atoms with Crippen molar-refractivity contribution in [2.75, 3.05) is 13.2 Å². The zero-order chi connectivity index (χ0) is 20.8. The van der Waals surface area contributed by atoms with Crippen molar-refractivity contribution in [3.05, 3.63) is 54.1 Å². The molecule has 3 aromatic rings. The number of carbonyl (C=O) groups excluding carboxylic acids is 1. The van der Waals surface area contributed by atoms with Crippen LogP contribution in [0.5, 0.6) is 11.5 Å². The summed E-state index contributed by atoms with van der Waals surface area (Å²) >= 11 is 0. The minimum atomic E-state index is -0.477. The van der Waals surface area contributed by atoms with E-state index in [9.17, 15) is 9.18 Å². The number of hydrogen-bond donors (Lipinski definition) is 2. The number of hydrogen-bond acceptors (Lipinski definition) is 5. The van der Waals surface area contributed by atoms with Gasteiger partial charge >= 0.3 is 0 Å². The first-order valence-corrected chi connectivity index (χ1v) is 9.51. The third kappa shape index (κ3) is 5.10. The molecule has 3 N–H and O–H groups in total. The van der Waals surface area contributed by atoms with Gasteiger partial charge in [-0.2, -0.15) is 0 Å². The average molecular weight is 400 g/mol. The monoisotopic (exact) mass is 400 g/mol. The number of nitrogens with zero attached hydrogens (tertiary/aromatic N) is 2. The maximum absolute atomic E-state index is 13.9. The third-order valence-electron chi connectivity index (χ3n) is 4.52. The highest BCUT2D eigenvalue weighted by Crippen LogP contribution is 2.28. The lowest BCUT2D eigenvalue weighted by atomic mass is 10.3. The molecule has 1 heterocycles. The average Bonchev–Trinajstić information content (AvgIpc) is 3.05. The molecule has 1 amide bonds. The molecule has 0 bridgehead atoms. The summed E-state index contributed by atoms with van der Waals surface area (Å²) in [5.74, 6) is 0.552. The molecule has 1 aromatic heterocycles. The van der Waals surface area contributed by atoms with Gasteiger partial charge in [-0.05, 0) is 38.1 Å². The molecule has 3 rings (SSSR count). The van der Waals surface area contributed by atoms with Crippen LogP contribution in [0.1, 0.15) is 19.7 Å². The van der Waals surface area contributed by atoms with Crippen molar-refractivity contribution in [3.8, 4) is 11.5 Å². The van der Waals surface area contributed by atoms with Gasteiger partial charge in [0.25, 0.3) is 0 Å². The first-order valence-electron chi connectivity index (χ1n) is 9.51. The number of carbonyl (C=O) groups is 1. The molecule has 0 aliphatic carbocycles. The molecular weight excluding hydrogens is 375 g/mol. The third-order valence-corrected chi connectivity index (χ3v) is 4.52. The fraction of sp³-hybridized carbons (Fsp3) is 0.333. The van der Waals surface area contributed by atoms with Crippen molar-refractivity contribution in [3.63, 3.8) is 0 Å². The molecule has 8 heteroatoms. The summed E-state index contributed by atoms with van der Waals surface area (Å²) in [7, 11) is 0. The molecular formula is C21H25FN4O3. The summed E-state index contributed by atoms with van der Waals surface area (Å²) in [6.45, 7) is 5.71. The van der Waals surface area contributed by atoms with Gasteiger partial charge in [0.05, 0.1) is 30.2 Å². The maximum atomic E-state index is 13.9. The first-order chi connectivity index (χ1) is 14.0. The van der Waals surface area contributed by atoms with Crippen molar-refractivity contribution >= 4 is 16.9 Å². The number of ether oxygens (including phenoxy) is 2. The summed E-state index contributed by atoms with van der Waals surface area (Å²) in [5, 5.41) is 3.07.